The molecular weight excluding hydrogens is 275 g/mol. The van der Waals surface area contributed by atoms with E-state index in [1.807, 2.05) is 13.8 Å². The van der Waals surface area contributed by atoms with Crippen molar-refractivity contribution in [2.24, 2.45) is 0 Å². The van der Waals surface area contributed by atoms with Crippen LogP contribution in [0, 0.1) is 0 Å². The highest BCUT2D eigenvalue weighted by molar-refractivity contribution is 9.09. The molecule has 0 aromatic rings. The summed E-state index contributed by atoms with van der Waals surface area (Å²) >= 11 is 2.66. The first-order valence-corrected chi connectivity index (χ1v) is 5.69. The third-order valence-corrected chi connectivity index (χ3v) is 3.09. The Hall–Kier alpha value is 0.190. The molecule has 1 rings (SSSR count). The van der Waals surface area contributed by atoms with E-state index in [9.17, 15) is 13.2 Å². The lowest BCUT2D eigenvalue weighted by molar-refractivity contribution is -0.139. The summed E-state index contributed by atoms with van der Waals surface area (Å²) in [5.74, 6) is 0. The topological polar surface area (TPSA) is 12.5 Å². The van der Waals surface area contributed by atoms with Crippen molar-refractivity contribution in [2.45, 2.75) is 30.5 Å². The van der Waals surface area contributed by atoms with Crippen molar-refractivity contribution >= 4 is 15.9 Å². The number of morpholine rings is 1. The maximum atomic E-state index is 12.3. The molecule has 1 aliphatic heterocycles. The average molecular weight is 290 g/mol. The Morgan fingerprint density at radius 2 is 2.07 bits per heavy atom. The van der Waals surface area contributed by atoms with E-state index in [-0.39, 0.29) is 12.1 Å². The summed E-state index contributed by atoms with van der Waals surface area (Å²) < 4.78 is 42.3. The Morgan fingerprint density at radius 1 is 1.47 bits per heavy atom. The molecule has 0 bridgehead atoms. The Bertz CT molecular complexity index is 220. The van der Waals surface area contributed by atoms with Crippen LogP contribution < -0.4 is 0 Å². The van der Waals surface area contributed by atoms with E-state index in [4.69, 9.17) is 4.74 Å². The van der Waals surface area contributed by atoms with Crippen LogP contribution in [0.15, 0.2) is 0 Å². The van der Waals surface area contributed by atoms with Crippen molar-refractivity contribution in [1.82, 2.24) is 4.90 Å². The van der Waals surface area contributed by atoms with Crippen LogP contribution in [0.1, 0.15) is 13.8 Å². The highest BCUT2D eigenvalue weighted by Gasteiger charge is 2.40. The van der Waals surface area contributed by atoms with Crippen LogP contribution in [-0.2, 0) is 4.74 Å². The largest absolute Gasteiger partial charge is 0.402 e. The number of rotatable bonds is 2. The molecule has 0 N–H and O–H groups in total. The van der Waals surface area contributed by atoms with Gasteiger partial charge in [-0.2, -0.15) is 13.2 Å². The van der Waals surface area contributed by atoms with Crippen LogP contribution in [0.5, 0.6) is 0 Å². The van der Waals surface area contributed by atoms with Gasteiger partial charge < -0.3 is 4.74 Å². The van der Waals surface area contributed by atoms with Crippen molar-refractivity contribution in [1.29, 1.82) is 0 Å². The molecule has 0 radical (unpaired) electrons. The van der Waals surface area contributed by atoms with Crippen molar-refractivity contribution in [3.63, 3.8) is 0 Å². The number of ether oxygens (including phenoxy) is 1. The second-order valence-electron chi connectivity index (χ2n) is 4.35. The molecule has 1 heterocycles. The van der Waals surface area contributed by atoms with E-state index < -0.39 is 11.0 Å². The first-order chi connectivity index (χ1) is 6.71. The highest BCUT2D eigenvalue weighted by Crippen LogP contribution is 2.28. The minimum absolute atomic E-state index is 0.0176. The summed E-state index contributed by atoms with van der Waals surface area (Å²) in [6, 6.07) is 0. The molecule has 1 fully saturated rings. The zero-order valence-corrected chi connectivity index (χ0v) is 10.4. The molecular formula is C9H15BrF3NO. The first-order valence-electron chi connectivity index (χ1n) is 4.78. The van der Waals surface area contributed by atoms with E-state index in [1.54, 1.807) is 4.90 Å². The van der Waals surface area contributed by atoms with Gasteiger partial charge in [-0.25, -0.2) is 0 Å². The van der Waals surface area contributed by atoms with Crippen molar-refractivity contribution in [2.75, 3.05) is 26.2 Å². The van der Waals surface area contributed by atoms with Gasteiger partial charge in [0, 0.05) is 19.6 Å². The predicted octanol–water partition coefficient (Wildman–Crippen LogP) is 2.42. The van der Waals surface area contributed by atoms with Crippen LogP contribution in [0.2, 0.25) is 0 Å². The second-order valence-corrected chi connectivity index (χ2v) is 5.46. The summed E-state index contributed by atoms with van der Waals surface area (Å²) in [4.78, 5) is 0.315. The fourth-order valence-electron chi connectivity index (χ4n) is 1.60. The molecule has 6 heteroatoms. The lowest BCUT2D eigenvalue weighted by Crippen LogP contribution is -2.51. The van der Waals surface area contributed by atoms with Gasteiger partial charge in [0.05, 0.1) is 12.2 Å². The van der Waals surface area contributed by atoms with E-state index >= 15 is 0 Å². The van der Waals surface area contributed by atoms with Crippen molar-refractivity contribution in [3.8, 4) is 0 Å². The van der Waals surface area contributed by atoms with E-state index in [0.717, 1.165) is 0 Å². The molecule has 1 aliphatic rings. The van der Waals surface area contributed by atoms with Gasteiger partial charge >= 0.3 is 6.18 Å². The van der Waals surface area contributed by atoms with Gasteiger partial charge in [0.1, 0.15) is 4.83 Å². The third kappa shape index (κ3) is 4.28. The van der Waals surface area contributed by atoms with Crippen molar-refractivity contribution < 1.29 is 17.9 Å². The summed E-state index contributed by atoms with van der Waals surface area (Å²) in [6.07, 6.45) is -4.18. The highest BCUT2D eigenvalue weighted by atomic mass is 79.9. The summed E-state index contributed by atoms with van der Waals surface area (Å²) in [6.45, 7) is 5.33. The lowest BCUT2D eigenvalue weighted by Gasteiger charge is -2.39. The molecule has 1 unspecified atom stereocenters. The Labute approximate surface area is 95.9 Å². The van der Waals surface area contributed by atoms with Crippen LogP contribution in [0.3, 0.4) is 0 Å². The minimum atomic E-state index is -4.18. The molecule has 0 spiro atoms. The van der Waals surface area contributed by atoms with E-state index in [2.05, 4.69) is 15.9 Å². The molecule has 0 aromatic heterocycles. The molecule has 2 nitrogen and oxygen atoms in total. The molecule has 90 valence electrons. The fraction of sp³-hybridized carbons (Fsp3) is 1.00. The van der Waals surface area contributed by atoms with Crippen LogP contribution in [0.4, 0.5) is 13.2 Å². The molecule has 1 atom stereocenters. The van der Waals surface area contributed by atoms with Crippen LogP contribution >= 0.6 is 15.9 Å². The number of hydrogen-bond donors (Lipinski definition) is 0. The Kier molecular flexibility index (Phi) is 4.06. The van der Waals surface area contributed by atoms with Gasteiger partial charge in [0.25, 0.3) is 0 Å². The van der Waals surface area contributed by atoms with Gasteiger partial charge in [-0.05, 0) is 13.8 Å². The predicted molar refractivity (Wildman–Crippen MR) is 55.2 cm³/mol. The molecule has 0 saturated carbocycles. The zero-order valence-electron chi connectivity index (χ0n) is 8.77. The second kappa shape index (κ2) is 4.59. The van der Waals surface area contributed by atoms with E-state index in [0.29, 0.717) is 19.7 Å². The molecule has 0 aromatic carbocycles. The quantitative estimate of drug-likeness (QED) is 0.724. The molecule has 1 saturated heterocycles. The molecule has 0 amide bonds. The van der Waals surface area contributed by atoms with E-state index in [1.165, 1.54) is 0 Å². The lowest BCUT2D eigenvalue weighted by atomic mass is 10.1. The maximum absolute atomic E-state index is 12.3. The third-order valence-electron chi connectivity index (χ3n) is 2.28. The van der Waals surface area contributed by atoms with Gasteiger partial charge in [-0.3, -0.25) is 4.90 Å². The summed E-state index contributed by atoms with van der Waals surface area (Å²) in [7, 11) is 0. The number of nitrogens with zero attached hydrogens (tertiary/aromatic N) is 1. The SMILES string of the molecule is CC1(C)CN(CC(Br)C(F)(F)F)CCO1. The Balaban J connectivity index is 2.45. The smallest absolute Gasteiger partial charge is 0.373 e. The fourth-order valence-corrected chi connectivity index (χ4v) is 2.01. The number of alkyl halides is 4. The minimum Gasteiger partial charge on any atom is -0.373 e. The normalized spacial score (nSPS) is 25.2. The number of hydrogen-bond acceptors (Lipinski definition) is 2. The number of halogens is 4. The Morgan fingerprint density at radius 3 is 2.53 bits per heavy atom. The van der Waals surface area contributed by atoms with Gasteiger partial charge in [-0.15, -0.1) is 0 Å². The zero-order chi connectivity index (χ0) is 11.7. The van der Waals surface area contributed by atoms with Gasteiger partial charge in [0.15, 0.2) is 0 Å². The van der Waals surface area contributed by atoms with Gasteiger partial charge in [0.2, 0.25) is 0 Å². The molecule has 0 aliphatic carbocycles. The van der Waals surface area contributed by atoms with Crippen LogP contribution in [-0.4, -0.2) is 47.7 Å². The maximum Gasteiger partial charge on any atom is 0.402 e. The summed E-state index contributed by atoms with van der Waals surface area (Å²) in [5, 5.41) is 0. The molecule has 15 heavy (non-hydrogen) atoms. The summed E-state index contributed by atoms with van der Waals surface area (Å²) in [5.41, 5.74) is -0.351. The van der Waals surface area contributed by atoms with Crippen molar-refractivity contribution in [3.05, 3.63) is 0 Å². The monoisotopic (exact) mass is 289 g/mol. The van der Waals surface area contributed by atoms with Gasteiger partial charge in [-0.1, -0.05) is 15.9 Å². The standard InChI is InChI=1S/C9H15BrF3NO/c1-8(2)6-14(3-4-15-8)5-7(10)9(11,12)13/h7H,3-6H2,1-2H3. The van der Waals surface area contributed by atoms with Crippen LogP contribution in [0.25, 0.3) is 0 Å². The average Bonchev–Trinajstić information content (AvgIpc) is 2.00. The first kappa shape index (κ1) is 13.3.